The lowest BCUT2D eigenvalue weighted by molar-refractivity contribution is 0.0655. The van der Waals surface area contributed by atoms with Gasteiger partial charge in [-0.25, -0.2) is 0 Å². The largest absolute Gasteiger partial charge is 0.333 e. The van der Waals surface area contributed by atoms with Gasteiger partial charge >= 0.3 is 0 Å². The highest BCUT2D eigenvalue weighted by Crippen LogP contribution is 2.12. The van der Waals surface area contributed by atoms with Crippen LogP contribution in [0.25, 0.3) is 0 Å². The Labute approximate surface area is 95.4 Å². The van der Waals surface area contributed by atoms with Gasteiger partial charge in [0.05, 0.1) is 11.3 Å². The van der Waals surface area contributed by atoms with E-state index in [1.165, 1.54) is 0 Å². The minimum atomic E-state index is 0.0969. The lowest BCUT2D eigenvalue weighted by atomic mass is 10.1. The second-order valence-electron chi connectivity index (χ2n) is 4.35. The molecule has 1 amide bonds. The molecule has 1 N–H and O–H groups in total. The molecule has 0 aromatic carbocycles. The lowest BCUT2D eigenvalue weighted by Crippen LogP contribution is -2.52. The second-order valence-corrected chi connectivity index (χ2v) is 4.35. The molecule has 1 saturated heterocycles. The number of piperazine rings is 1. The van der Waals surface area contributed by atoms with Crippen LogP contribution < -0.4 is 5.32 Å². The highest BCUT2D eigenvalue weighted by Gasteiger charge is 2.26. The summed E-state index contributed by atoms with van der Waals surface area (Å²) in [6.07, 6.45) is 1.80. The van der Waals surface area contributed by atoms with E-state index in [2.05, 4.69) is 17.3 Å². The minimum Gasteiger partial charge on any atom is -0.333 e. The van der Waals surface area contributed by atoms with Crippen LogP contribution in [0.15, 0.2) is 6.20 Å². The SMILES string of the molecule is Cc1nn(C)cc1C(=O)N1CCNCC1C. The van der Waals surface area contributed by atoms with E-state index in [4.69, 9.17) is 0 Å². The molecular weight excluding hydrogens is 204 g/mol. The van der Waals surface area contributed by atoms with E-state index in [0.29, 0.717) is 0 Å². The van der Waals surface area contributed by atoms with E-state index in [0.717, 1.165) is 30.9 Å². The van der Waals surface area contributed by atoms with E-state index < -0.39 is 0 Å². The molecule has 1 atom stereocenters. The summed E-state index contributed by atoms with van der Waals surface area (Å²) in [5.41, 5.74) is 1.52. The molecule has 0 radical (unpaired) electrons. The van der Waals surface area contributed by atoms with Gasteiger partial charge in [-0.1, -0.05) is 0 Å². The predicted octanol–water partition coefficient (Wildman–Crippen LogP) is 0.162. The normalized spacial score (nSPS) is 21.2. The van der Waals surface area contributed by atoms with Gasteiger partial charge < -0.3 is 10.2 Å². The zero-order valence-corrected chi connectivity index (χ0v) is 10.0. The van der Waals surface area contributed by atoms with Gasteiger partial charge in [-0.15, -0.1) is 0 Å². The molecule has 1 aromatic rings. The van der Waals surface area contributed by atoms with Gasteiger partial charge in [0.1, 0.15) is 0 Å². The first-order chi connectivity index (χ1) is 7.59. The second kappa shape index (κ2) is 4.25. The number of nitrogens with zero attached hydrogens (tertiary/aromatic N) is 3. The maximum Gasteiger partial charge on any atom is 0.257 e. The molecule has 1 unspecified atom stereocenters. The fourth-order valence-electron chi connectivity index (χ4n) is 2.11. The van der Waals surface area contributed by atoms with Crippen molar-refractivity contribution in [2.75, 3.05) is 19.6 Å². The smallest absolute Gasteiger partial charge is 0.257 e. The summed E-state index contributed by atoms with van der Waals surface area (Å²) < 4.78 is 1.69. The van der Waals surface area contributed by atoms with Gasteiger partial charge in [-0.3, -0.25) is 9.48 Å². The van der Waals surface area contributed by atoms with Crippen molar-refractivity contribution in [2.45, 2.75) is 19.9 Å². The van der Waals surface area contributed by atoms with E-state index in [1.54, 1.807) is 10.9 Å². The van der Waals surface area contributed by atoms with Gasteiger partial charge in [-0.05, 0) is 13.8 Å². The van der Waals surface area contributed by atoms with Crippen LogP contribution in [-0.2, 0) is 7.05 Å². The van der Waals surface area contributed by atoms with Crippen molar-refractivity contribution < 1.29 is 4.79 Å². The van der Waals surface area contributed by atoms with E-state index >= 15 is 0 Å². The third-order valence-corrected chi connectivity index (χ3v) is 3.01. The first-order valence-corrected chi connectivity index (χ1v) is 5.61. The van der Waals surface area contributed by atoms with Gasteiger partial charge in [-0.2, -0.15) is 5.10 Å². The van der Waals surface area contributed by atoms with Gasteiger partial charge in [0, 0.05) is 38.9 Å². The lowest BCUT2D eigenvalue weighted by Gasteiger charge is -2.33. The summed E-state index contributed by atoms with van der Waals surface area (Å²) in [6, 6.07) is 0.251. The molecule has 0 bridgehead atoms. The third kappa shape index (κ3) is 1.95. The van der Waals surface area contributed by atoms with Crippen LogP contribution >= 0.6 is 0 Å². The molecule has 5 heteroatoms. The quantitative estimate of drug-likeness (QED) is 0.736. The number of hydrogen-bond donors (Lipinski definition) is 1. The number of amides is 1. The Kier molecular flexibility index (Phi) is 2.96. The maximum absolute atomic E-state index is 12.3. The van der Waals surface area contributed by atoms with Crippen LogP contribution in [0.1, 0.15) is 23.0 Å². The fraction of sp³-hybridized carbons (Fsp3) is 0.636. The van der Waals surface area contributed by atoms with Gasteiger partial charge in [0.2, 0.25) is 0 Å². The summed E-state index contributed by atoms with van der Waals surface area (Å²) in [6.45, 7) is 6.45. The zero-order chi connectivity index (χ0) is 11.7. The van der Waals surface area contributed by atoms with Crippen LogP contribution in [0.3, 0.4) is 0 Å². The number of hydrogen-bond acceptors (Lipinski definition) is 3. The first kappa shape index (κ1) is 11.1. The van der Waals surface area contributed by atoms with Crippen molar-refractivity contribution in [3.63, 3.8) is 0 Å². The zero-order valence-electron chi connectivity index (χ0n) is 10.0. The fourth-order valence-corrected chi connectivity index (χ4v) is 2.11. The van der Waals surface area contributed by atoms with Crippen molar-refractivity contribution in [1.29, 1.82) is 0 Å². The Morgan fingerprint density at radius 1 is 1.62 bits per heavy atom. The molecule has 2 rings (SSSR count). The van der Waals surface area contributed by atoms with Crippen LogP contribution in [0, 0.1) is 6.92 Å². The molecule has 5 nitrogen and oxygen atoms in total. The molecular formula is C11H18N4O. The average molecular weight is 222 g/mol. The van der Waals surface area contributed by atoms with Crippen molar-refractivity contribution >= 4 is 5.91 Å². The standard InChI is InChI=1S/C11H18N4O/c1-8-6-12-4-5-15(8)11(16)10-7-14(3)13-9(10)2/h7-8,12H,4-6H2,1-3H3. The van der Waals surface area contributed by atoms with Crippen LogP contribution in [0.2, 0.25) is 0 Å². The monoisotopic (exact) mass is 222 g/mol. The maximum atomic E-state index is 12.3. The molecule has 88 valence electrons. The minimum absolute atomic E-state index is 0.0969. The topological polar surface area (TPSA) is 50.2 Å². The molecule has 0 spiro atoms. The summed E-state index contributed by atoms with van der Waals surface area (Å²) in [5.74, 6) is 0.0969. The summed E-state index contributed by atoms with van der Waals surface area (Å²) >= 11 is 0. The average Bonchev–Trinajstić information content (AvgIpc) is 2.58. The summed E-state index contributed by atoms with van der Waals surface area (Å²) in [5, 5.41) is 7.48. The molecule has 0 aliphatic carbocycles. The Hall–Kier alpha value is -1.36. The number of carbonyl (C=O) groups excluding carboxylic acids is 1. The number of aromatic nitrogens is 2. The number of carbonyl (C=O) groups is 1. The molecule has 16 heavy (non-hydrogen) atoms. The van der Waals surface area contributed by atoms with Crippen molar-refractivity contribution in [2.24, 2.45) is 7.05 Å². The van der Waals surface area contributed by atoms with Gasteiger partial charge in [0.15, 0.2) is 0 Å². The molecule has 1 fully saturated rings. The van der Waals surface area contributed by atoms with E-state index in [9.17, 15) is 4.79 Å². The van der Waals surface area contributed by atoms with E-state index in [-0.39, 0.29) is 11.9 Å². The van der Waals surface area contributed by atoms with Crippen molar-refractivity contribution in [3.05, 3.63) is 17.5 Å². The van der Waals surface area contributed by atoms with Crippen LogP contribution in [0.5, 0.6) is 0 Å². The van der Waals surface area contributed by atoms with Crippen molar-refractivity contribution in [3.8, 4) is 0 Å². The molecule has 2 heterocycles. The molecule has 1 aliphatic heterocycles. The van der Waals surface area contributed by atoms with E-state index in [1.807, 2.05) is 18.9 Å². The molecule has 1 aromatic heterocycles. The summed E-state index contributed by atoms with van der Waals surface area (Å²) in [4.78, 5) is 14.2. The first-order valence-electron chi connectivity index (χ1n) is 5.61. The Bertz CT molecular complexity index is 399. The molecule has 1 aliphatic rings. The van der Waals surface area contributed by atoms with Gasteiger partial charge in [0.25, 0.3) is 5.91 Å². The highest BCUT2D eigenvalue weighted by molar-refractivity contribution is 5.95. The Balaban J connectivity index is 2.21. The molecule has 0 saturated carbocycles. The third-order valence-electron chi connectivity index (χ3n) is 3.01. The van der Waals surface area contributed by atoms with Crippen molar-refractivity contribution in [1.82, 2.24) is 20.0 Å². The Morgan fingerprint density at radius 2 is 2.38 bits per heavy atom. The van der Waals surface area contributed by atoms with Crippen LogP contribution in [-0.4, -0.2) is 46.3 Å². The number of rotatable bonds is 1. The highest BCUT2D eigenvalue weighted by atomic mass is 16.2. The van der Waals surface area contributed by atoms with Crippen LogP contribution in [0.4, 0.5) is 0 Å². The number of aryl methyl sites for hydroxylation is 2. The summed E-state index contributed by atoms with van der Waals surface area (Å²) in [7, 11) is 1.84. The number of nitrogens with one attached hydrogen (secondary N) is 1. The Morgan fingerprint density at radius 3 is 2.94 bits per heavy atom. The predicted molar refractivity (Wildman–Crippen MR) is 61.3 cm³/mol.